The van der Waals surface area contributed by atoms with E-state index in [1.165, 1.54) is 21.8 Å². The fourth-order valence-corrected chi connectivity index (χ4v) is 5.63. The molecule has 2 heterocycles. The molecule has 1 aliphatic rings. The third kappa shape index (κ3) is 3.64. The van der Waals surface area contributed by atoms with E-state index in [2.05, 4.69) is 10.6 Å². The predicted octanol–water partition coefficient (Wildman–Crippen LogP) is 3.72. The molecule has 0 saturated carbocycles. The minimum Gasteiger partial charge on any atom is -0.593 e. The number of guanidine groups is 1. The van der Waals surface area contributed by atoms with Gasteiger partial charge in [0.25, 0.3) is 0 Å². The maximum absolute atomic E-state index is 15.2. The summed E-state index contributed by atoms with van der Waals surface area (Å²) in [6.45, 7) is 0. The van der Waals surface area contributed by atoms with Crippen LogP contribution in [0.1, 0.15) is 10.9 Å². The van der Waals surface area contributed by atoms with Gasteiger partial charge in [0, 0.05) is 28.2 Å². The molecule has 9 heteroatoms. The fraction of sp³-hybridized carbons (Fsp3) is 0.150. The van der Waals surface area contributed by atoms with Gasteiger partial charge in [0.1, 0.15) is 11.9 Å². The van der Waals surface area contributed by atoms with E-state index in [0.717, 1.165) is 21.5 Å². The molecule has 6 nitrogen and oxygen atoms in total. The normalized spacial score (nSPS) is 19.7. The van der Waals surface area contributed by atoms with Crippen molar-refractivity contribution >= 4 is 44.4 Å². The van der Waals surface area contributed by atoms with Crippen molar-refractivity contribution in [1.82, 2.24) is 9.62 Å². The third-order valence-corrected chi connectivity index (χ3v) is 7.52. The minimum atomic E-state index is -1.36. The number of anilines is 1. The maximum atomic E-state index is 15.2. The zero-order chi connectivity index (χ0) is 20.5. The van der Waals surface area contributed by atoms with Crippen molar-refractivity contribution in [3.63, 3.8) is 0 Å². The number of nitrogens with two attached hydrogens (primary N) is 1. The zero-order valence-corrected chi connectivity index (χ0v) is 17.2. The predicted molar refractivity (Wildman–Crippen MR) is 119 cm³/mol. The van der Waals surface area contributed by atoms with Crippen LogP contribution in [0.3, 0.4) is 0 Å². The molecule has 0 aliphatic carbocycles. The highest BCUT2D eigenvalue weighted by atomic mass is 32.2. The monoisotopic (exact) mass is 429 g/mol. The van der Waals surface area contributed by atoms with Crippen LogP contribution < -0.4 is 16.4 Å². The van der Waals surface area contributed by atoms with E-state index >= 15 is 4.39 Å². The second kappa shape index (κ2) is 7.94. The molecule has 1 saturated heterocycles. The standard InChI is InChI=1S/C20H20FN5OS2/c1-26-20(23)25-16(11-29(26)27)19-17(21)15-4-2-3-14(18(15)28-19)12-5-7-13(8-6-12)24-10-9-22/h2-10,16,24H,11,22H2,1H3,(H2,23,25)/b10-9-. The molecule has 150 valence electrons. The van der Waals surface area contributed by atoms with Crippen LogP contribution >= 0.6 is 11.3 Å². The number of rotatable bonds is 4. The Morgan fingerprint density at radius 2 is 2.10 bits per heavy atom. The van der Waals surface area contributed by atoms with Crippen LogP contribution in [0.5, 0.6) is 0 Å². The minimum absolute atomic E-state index is 0.0336. The van der Waals surface area contributed by atoms with Gasteiger partial charge in [-0.05, 0) is 23.3 Å². The summed E-state index contributed by atoms with van der Waals surface area (Å²) in [6.07, 6.45) is 3.07. The molecule has 2 unspecified atom stereocenters. The average molecular weight is 430 g/mol. The Kier molecular flexibility index (Phi) is 5.35. The average Bonchev–Trinajstić information content (AvgIpc) is 3.07. The topological polar surface area (TPSA) is 100 Å². The lowest BCUT2D eigenvalue weighted by Gasteiger charge is -2.32. The van der Waals surface area contributed by atoms with Gasteiger partial charge in [-0.3, -0.25) is 5.41 Å². The number of nitrogens with one attached hydrogen (secondary N) is 3. The Labute approximate surface area is 175 Å². The highest BCUT2D eigenvalue weighted by molar-refractivity contribution is 7.89. The number of halogens is 1. The van der Waals surface area contributed by atoms with Crippen molar-refractivity contribution in [3.05, 3.63) is 65.6 Å². The lowest BCUT2D eigenvalue weighted by molar-refractivity contribution is 0.500. The van der Waals surface area contributed by atoms with E-state index in [1.807, 2.05) is 36.4 Å². The van der Waals surface area contributed by atoms with Crippen LogP contribution in [0.15, 0.2) is 54.9 Å². The highest BCUT2D eigenvalue weighted by Crippen LogP contribution is 2.41. The number of fused-ring (bicyclic) bond motifs is 1. The summed E-state index contributed by atoms with van der Waals surface area (Å²) < 4.78 is 29.6. The highest BCUT2D eigenvalue weighted by Gasteiger charge is 2.35. The van der Waals surface area contributed by atoms with Gasteiger partial charge < -0.3 is 20.9 Å². The van der Waals surface area contributed by atoms with Gasteiger partial charge in [-0.1, -0.05) is 30.3 Å². The number of thiophene rings is 1. The van der Waals surface area contributed by atoms with Crippen LogP contribution in [0.4, 0.5) is 10.1 Å². The summed E-state index contributed by atoms with van der Waals surface area (Å²) in [5.74, 6) is -0.0520. The van der Waals surface area contributed by atoms with E-state index < -0.39 is 17.4 Å². The van der Waals surface area contributed by atoms with Crippen LogP contribution in [0, 0.1) is 11.2 Å². The lowest BCUT2D eigenvalue weighted by atomic mass is 10.0. The molecule has 1 aliphatic heterocycles. The van der Waals surface area contributed by atoms with E-state index in [-0.39, 0.29) is 17.5 Å². The largest absolute Gasteiger partial charge is 0.593 e. The molecule has 0 spiro atoms. The van der Waals surface area contributed by atoms with E-state index in [4.69, 9.17) is 11.1 Å². The Morgan fingerprint density at radius 1 is 1.34 bits per heavy atom. The van der Waals surface area contributed by atoms with Gasteiger partial charge in [0.15, 0.2) is 5.75 Å². The Balaban J connectivity index is 1.72. The van der Waals surface area contributed by atoms with E-state index in [9.17, 15) is 4.55 Å². The summed E-state index contributed by atoms with van der Waals surface area (Å²) in [5, 5.41) is 14.5. The summed E-state index contributed by atoms with van der Waals surface area (Å²) in [6, 6.07) is 12.9. The molecule has 0 radical (unpaired) electrons. The van der Waals surface area contributed by atoms with Gasteiger partial charge in [-0.2, -0.15) is 4.31 Å². The molecule has 1 aromatic heterocycles. The first-order chi connectivity index (χ1) is 14.0. The quantitative estimate of drug-likeness (QED) is 0.474. The lowest BCUT2D eigenvalue weighted by Crippen LogP contribution is -2.51. The molecular formula is C20H20FN5OS2. The molecule has 5 N–H and O–H groups in total. The molecule has 2 aromatic carbocycles. The van der Waals surface area contributed by atoms with E-state index in [1.54, 1.807) is 19.3 Å². The fourth-order valence-electron chi connectivity index (χ4n) is 3.24. The Hall–Kier alpha value is -2.75. The third-order valence-electron chi connectivity index (χ3n) is 4.78. The van der Waals surface area contributed by atoms with Crippen LogP contribution in [0.2, 0.25) is 0 Å². The Morgan fingerprint density at radius 3 is 2.79 bits per heavy atom. The first-order valence-electron chi connectivity index (χ1n) is 8.91. The van der Waals surface area contributed by atoms with Gasteiger partial charge in [-0.15, -0.1) is 11.3 Å². The molecule has 0 bridgehead atoms. The van der Waals surface area contributed by atoms with Gasteiger partial charge in [-0.25, -0.2) is 4.39 Å². The number of nitrogens with zero attached hydrogens (tertiary/aromatic N) is 1. The first-order valence-corrected chi connectivity index (χ1v) is 11.0. The van der Waals surface area contributed by atoms with E-state index in [0.29, 0.717) is 10.3 Å². The van der Waals surface area contributed by atoms with Crippen LogP contribution in [-0.2, 0) is 11.4 Å². The molecule has 1 fully saturated rings. The van der Waals surface area contributed by atoms with Crippen molar-refractivity contribution in [2.75, 3.05) is 18.1 Å². The van der Waals surface area contributed by atoms with Crippen molar-refractivity contribution < 1.29 is 8.94 Å². The van der Waals surface area contributed by atoms with Crippen molar-refractivity contribution in [2.45, 2.75) is 6.04 Å². The maximum Gasteiger partial charge on any atom is 0.234 e. The summed E-state index contributed by atoms with van der Waals surface area (Å²) >= 11 is -0.0128. The first kappa shape index (κ1) is 19.6. The van der Waals surface area contributed by atoms with Crippen molar-refractivity contribution in [2.24, 2.45) is 5.73 Å². The molecule has 3 aromatic rings. The van der Waals surface area contributed by atoms with Crippen LogP contribution in [0.25, 0.3) is 21.2 Å². The summed E-state index contributed by atoms with van der Waals surface area (Å²) in [5.41, 5.74) is 8.15. The second-order valence-electron chi connectivity index (χ2n) is 6.57. The smallest absolute Gasteiger partial charge is 0.234 e. The SMILES string of the molecule is CN1C(=N)NC(c2sc3c(-c4ccc(N/C=C\N)cc4)cccc3c2F)C[S+]1[O-]. The second-order valence-corrected chi connectivity index (χ2v) is 9.15. The Bertz CT molecular complexity index is 1080. The number of hydrogen-bond donors (Lipinski definition) is 4. The molecule has 4 rings (SSSR count). The zero-order valence-electron chi connectivity index (χ0n) is 15.6. The van der Waals surface area contributed by atoms with Gasteiger partial charge >= 0.3 is 0 Å². The molecular weight excluding hydrogens is 409 g/mol. The van der Waals surface area contributed by atoms with Gasteiger partial charge in [0.2, 0.25) is 5.96 Å². The number of hydrogen-bond acceptors (Lipinski definition) is 5. The van der Waals surface area contributed by atoms with Crippen molar-refractivity contribution in [1.29, 1.82) is 5.41 Å². The van der Waals surface area contributed by atoms with Crippen LogP contribution in [-0.4, -0.2) is 27.6 Å². The molecule has 2 atom stereocenters. The summed E-state index contributed by atoms with van der Waals surface area (Å²) in [7, 11) is 1.59. The summed E-state index contributed by atoms with van der Waals surface area (Å²) in [4.78, 5) is 0.477. The van der Waals surface area contributed by atoms with Crippen molar-refractivity contribution in [3.8, 4) is 11.1 Å². The molecule has 0 amide bonds. The van der Waals surface area contributed by atoms with Gasteiger partial charge in [0.05, 0.1) is 23.3 Å². The molecule has 29 heavy (non-hydrogen) atoms. The number of benzene rings is 2.